The summed E-state index contributed by atoms with van der Waals surface area (Å²) in [5.74, 6) is 1.62. The fourth-order valence-electron chi connectivity index (χ4n) is 10.8. The van der Waals surface area contributed by atoms with E-state index in [1.807, 2.05) is 54.6 Å². The van der Waals surface area contributed by atoms with Crippen LogP contribution in [0.5, 0.6) is 0 Å². The van der Waals surface area contributed by atoms with Gasteiger partial charge in [0.15, 0.2) is 11.6 Å². The Bertz CT molecular complexity index is 4560. The first-order valence-electron chi connectivity index (χ1n) is 23.5. The van der Waals surface area contributed by atoms with Gasteiger partial charge >= 0.3 is 0 Å². The van der Waals surface area contributed by atoms with Crippen LogP contribution in [0.1, 0.15) is 0 Å². The largest absolute Gasteiger partial charge is 0.456 e. The molecule has 5 aromatic heterocycles. The standard InChI is InChI=1S/C63H37N5O2/c1-2-15-38(16-3-1)61-64-62(41-31-33-49-47-21-6-10-29-56(47)69-58(49)36-41)66-63(65-61)68-55-34-32-42(67-53-27-8-4-19-45(53)46-20-5-9-28-54(46)67)37-52(55)50-25-13-23-43(59(50)68)39-17-12-18-40(35-39)44-24-14-26-51-48-22-7-11-30-57(48)70-60(44)51/h1-37H. The Balaban J connectivity index is 1.00. The molecule has 0 radical (unpaired) electrons. The zero-order valence-corrected chi connectivity index (χ0v) is 37.4. The van der Waals surface area contributed by atoms with Gasteiger partial charge in [0.25, 0.3) is 0 Å². The molecule has 0 aliphatic heterocycles. The minimum Gasteiger partial charge on any atom is -0.456 e. The molecule has 15 aromatic rings. The van der Waals surface area contributed by atoms with Crippen molar-refractivity contribution in [2.75, 3.05) is 0 Å². The van der Waals surface area contributed by atoms with Crippen LogP contribution in [-0.4, -0.2) is 24.1 Å². The Kier molecular flexibility index (Phi) is 8.23. The molecule has 0 bridgehead atoms. The number of benzene rings is 10. The van der Waals surface area contributed by atoms with Crippen molar-refractivity contribution in [2.45, 2.75) is 0 Å². The molecule has 0 amide bonds. The van der Waals surface area contributed by atoms with Crippen LogP contribution in [0.15, 0.2) is 233 Å². The summed E-state index contributed by atoms with van der Waals surface area (Å²) in [6.45, 7) is 0. The van der Waals surface area contributed by atoms with Gasteiger partial charge in [0.05, 0.1) is 22.1 Å². The van der Waals surface area contributed by atoms with Crippen LogP contribution in [0.2, 0.25) is 0 Å². The van der Waals surface area contributed by atoms with Gasteiger partial charge in [-0.1, -0.05) is 164 Å². The summed E-state index contributed by atoms with van der Waals surface area (Å²) in [5.41, 5.74) is 14.6. The van der Waals surface area contributed by atoms with Gasteiger partial charge in [-0.25, -0.2) is 4.98 Å². The maximum absolute atomic E-state index is 6.57. The number of hydrogen-bond acceptors (Lipinski definition) is 5. The van der Waals surface area contributed by atoms with Crippen LogP contribution >= 0.6 is 0 Å². The molecule has 0 saturated heterocycles. The van der Waals surface area contributed by atoms with E-state index in [1.54, 1.807) is 0 Å². The molecule has 326 valence electrons. The minimum atomic E-state index is 0.508. The van der Waals surface area contributed by atoms with Crippen LogP contribution in [0.25, 0.3) is 144 Å². The van der Waals surface area contributed by atoms with Gasteiger partial charge in [0.2, 0.25) is 5.95 Å². The summed E-state index contributed by atoms with van der Waals surface area (Å²) in [4.78, 5) is 16.0. The number of rotatable bonds is 6. The molecule has 0 unspecified atom stereocenters. The average Bonchev–Trinajstić information content (AvgIpc) is 4.18. The van der Waals surface area contributed by atoms with Gasteiger partial charge in [0.1, 0.15) is 22.3 Å². The third-order valence-corrected chi connectivity index (χ3v) is 14.0. The van der Waals surface area contributed by atoms with Gasteiger partial charge in [0, 0.05) is 71.0 Å². The van der Waals surface area contributed by atoms with Gasteiger partial charge in [-0.2, -0.15) is 9.97 Å². The fraction of sp³-hybridized carbons (Fsp3) is 0. The molecule has 0 saturated carbocycles. The smallest absolute Gasteiger partial charge is 0.238 e. The lowest BCUT2D eigenvalue weighted by molar-refractivity contribution is 0.669. The van der Waals surface area contributed by atoms with E-state index in [1.165, 1.54) is 10.8 Å². The number of fused-ring (bicyclic) bond motifs is 12. The molecule has 0 fully saturated rings. The van der Waals surface area contributed by atoms with Crippen molar-refractivity contribution in [2.24, 2.45) is 0 Å². The maximum atomic E-state index is 6.57. The van der Waals surface area contributed by atoms with Crippen molar-refractivity contribution < 1.29 is 8.83 Å². The normalized spacial score (nSPS) is 12.0. The number of nitrogens with zero attached hydrogens (tertiary/aromatic N) is 5. The van der Waals surface area contributed by atoms with Crippen molar-refractivity contribution >= 4 is 87.5 Å². The predicted octanol–water partition coefficient (Wildman–Crippen LogP) is 16.5. The van der Waals surface area contributed by atoms with Crippen molar-refractivity contribution in [3.8, 4) is 56.7 Å². The van der Waals surface area contributed by atoms with Crippen molar-refractivity contribution in [3.63, 3.8) is 0 Å². The second-order valence-electron chi connectivity index (χ2n) is 17.9. The number of furan rings is 2. The van der Waals surface area contributed by atoms with E-state index < -0.39 is 0 Å². The number of hydrogen-bond donors (Lipinski definition) is 0. The van der Waals surface area contributed by atoms with Crippen LogP contribution in [0.3, 0.4) is 0 Å². The summed E-state index contributed by atoms with van der Waals surface area (Å²) in [6, 6.07) is 78.6. The summed E-state index contributed by atoms with van der Waals surface area (Å²) >= 11 is 0. The lowest BCUT2D eigenvalue weighted by atomic mass is 9.96. The van der Waals surface area contributed by atoms with E-state index in [4.69, 9.17) is 23.8 Å². The van der Waals surface area contributed by atoms with E-state index >= 15 is 0 Å². The van der Waals surface area contributed by atoms with Gasteiger partial charge in [-0.15, -0.1) is 0 Å². The van der Waals surface area contributed by atoms with Gasteiger partial charge in [-0.05, 0) is 71.8 Å². The molecular formula is C63H37N5O2. The molecule has 0 atom stereocenters. The predicted molar refractivity (Wildman–Crippen MR) is 285 cm³/mol. The lowest BCUT2D eigenvalue weighted by Gasteiger charge is -2.14. The van der Waals surface area contributed by atoms with E-state index in [9.17, 15) is 0 Å². The second kappa shape index (κ2) is 15.0. The molecule has 10 aromatic carbocycles. The topological polar surface area (TPSA) is 74.8 Å². The molecular weight excluding hydrogens is 859 g/mol. The molecule has 5 heterocycles. The Labute approximate surface area is 399 Å². The first-order valence-corrected chi connectivity index (χ1v) is 23.5. The molecule has 7 nitrogen and oxygen atoms in total. The van der Waals surface area contributed by atoms with E-state index in [0.29, 0.717) is 17.6 Å². The molecule has 0 spiro atoms. The number of aromatic nitrogens is 5. The Morgan fingerprint density at radius 3 is 1.63 bits per heavy atom. The SMILES string of the molecule is c1ccc(-c2nc(-c3ccc4c(c3)oc3ccccc34)nc(-n3c4ccc(-n5c6ccccc6c6ccccc65)cc4c4cccc(-c5cccc(-c6cccc7c6oc6ccccc67)c5)c43)n2)cc1. The second-order valence-corrected chi connectivity index (χ2v) is 17.9. The van der Waals surface area contributed by atoms with Crippen molar-refractivity contribution in [3.05, 3.63) is 224 Å². The van der Waals surface area contributed by atoms with Crippen molar-refractivity contribution in [1.29, 1.82) is 0 Å². The highest BCUT2D eigenvalue weighted by Crippen LogP contribution is 2.43. The average molecular weight is 896 g/mol. The number of para-hydroxylation sites is 6. The van der Waals surface area contributed by atoms with Crippen molar-refractivity contribution in [1.82, 2.24) is 24.1 Å². The van der Waals surface area contributed by atoms with Gasteiger partial charge in [-0.3, -0.25) is 4.57 Å². The molecule has 15 rings (SSSR count). The zero-order chi connectivity index (χ0) is 45.9. The van der Waals surface area contributed by atoms with Crippen LogP contribution < -0.4 is 0 Å². The summed E-state index contributed by atoms with van der Waals surface area (Å²) in [5, 5.41) is 8.90. The summed E-state index contributed by atoms with van der Waals surface area (Å²) < 4.78 is 17.6. The fourth-order valence-corrected chi connectivity index (χ4v) is 10.8. The highest BCUT2D eigenvalue weighted by molar-refractivity contribution is 6.16. The van der Waals surface area contributed by atoms with Crippen LogP contribution in [0.4, 0.5) is 0 Å². The lowest BCUT2D eigenvalue weighted by Crippen LogP contribution is -2.07. The van der Waals surface area contributed by atoms with E-state index in [2.05, 4.69) is 179 Å². The monoisotopic (exact) mass is 895 g/mol. The zero-order valence-electron chi connectivity index (χ0n) is 37.4. The van der Waals surface area contributed by atoms with Crippen LogP contribution in [0, 0.1) is 0 Å². The highest BCUT2D eigenvalue weighted by atomic mass is 16.3. The maximum Gasteiger partial charge on any atom is 0.238 e. The van der Waals surface area contributed by atoms with E-state index in [0.717, 1.165) is 116 Å². The summed E-state index contributed by atoms with van der Waals surface area (Å²) in [6.07, 6.45) is 0. The Hall–Kier alpha value is -9.59. The Morgan fingerprint density at radius 2 is 0.857 bits per heavy atom. The van der Waals surface area contributed by atoms with Crippen LogP contribution in [-0.2, 0) is 0 Å². The highest BCUT2D eigenvalue weighted by Gasteiger charge is 2.23. The first kappa shape index (κ1) is 38.5. The third-order valence-electron chi connectivity index (χ3n) is 14.0. The summed E-state index contributed by atoms with van der Waals surface area (Å²) in [7, 11) is 0. The minimum absolute atomic E-state index is 0.508. The molecule has 7 heteroatoms. The molecule has 0 aliphatic rings. The quantitative estimate of drug-likeness (QED) is 0.166. The first-order chi connectivity index (χ1) is 34.7. The molecule has 0 N–H and O–H groups in total. The Morgan fingerprint density at radius 1 is 0.300 bits per heavy atom. The third kappa shape index (κ3) is 5.79. The van der Waals surface area contributed by atoms with E-state index in [-0.39, 0.29) is 0 Å². The van der Waals surface area contributed by atoms with Gasteiger partial charge < -0.3 is 13.4 Å². The molecule has 70 heavy (non-hydrogen) atoms. The molecule has 0 aliphatic carbocycles.